The van der Waals surface area contributed by atoms with E-state index in [2.05, 4.69) is 0 Å². The van der Waals surface area contributed by atoms with Crippen LogP contribution in [-0.4, -0.2) is 25.8 Å². The zero-order valence-corrected chi connectivity index (χ0v) is 10.9. The molecule has 2 atom stereocenters. The van der Waals surface area contributed by atoms with Crippen molar-refractivity contribution in [3.63, 3.8) is 0 Å². The van der Waals surface area contributed by atoms with Gasteiger partial charge in [-0.2, -0.15) is 13.2 Å². The maximum Gasteiger partial charge on any atom is 0.418 e. The Morgan fingerprint density at radius 3 is 2.58 bits per heavy atom. The Hall–Kier alpha value is -1.43. The first-order chi connectivity index (χ1) is 8.80. The van der Waals surface area contributed by atoms with Crippen LogP contribution < -0.4 is 10.6 Å². The molecule has 0 amide bonds. The molecule has 2 rings (SSSR count). The predicted molar refractivity (Wildman–Crippen MR) is 68.1 cm³/mol. The van der Waals surface area contributed by atoms with E-state index in [0.717, 1.165) is 12.5 Å². The molecular weight excluding hydrogens is 257 g/mol. The molecule has 1 saturated heterocycles. The van der Waals surface area contributed by atoms with Crippen LogP contribution in [0.5, 0.6) is 0 Å². The van der Waals surface area contributed by atoms with Gasteiger partial charge in [0.15, 0.2) is 0 Å². The Morgan fingerprint density at radius 2 is 2.05 bits per heavy atom. The first kappa shape index (κ1) is 14.0. The van der Waals surface area contributed by atoms with Crippen molar-refractivity contribution in [1.82, 2.24) is 0 Å². The number of nitrogens with zero attached hydrogens (tertiary/aromatic N) is 1. The zero-order valence-electron chi connectivity index (χ0n) is 10.9. The SMILES string of the molecule is CC1OCCC1N(C)c1ccc(N)c(C(F)(F)F)c1. The summed E-state index contributed by atoms with van der Waals surface area (Å²) in [4.78, 5) is 1.83. The van der Waals surface area contributed by atoms with E-state index < -0.39 is 11.7 Å². The number of hydrogen-bond donors (Lipinski definition) is 1. The average Bonchev–Trinajstić information content (AvgIpc) is 2.73. The van der Waals surface area contributed by atoms with Gasteiger partial charge in [-0.25, -0.2) is 0 Å². The molecule has 6 heteroatoms. The molecule has 0 saturated carbocycles. The van der Waals surface area contributed by atoms with Crippen molar-refractivity contribution in [3.8, 4) is 0 Å². The molecule has 0 bridgehead atoms. The minimum absolute atomic E-state index is 0.0110. The molecule has 0 radical (unpaired) electrons. The third-order valence-corrected chi connectivity index (χ3v) is 3.58. The fraction of sp³-hybridized carbons (Fsp3) is 0.538. The van der Waals surface area contributed by atoms with Gasteiger partial charge in [0, 0.05) is 25.0 Å². The molecule has 1 aliphatic heterocycles. The quantitative estimate of drug-likeness (QED) is 0.843. The Bertz CT molecular complexity index is 462. The van der Waals surface area contributed by atoms with Gasteiger partial charge < -0.3 is 15.4 Å². The zero-order chi connectivity index (χ0) is 14.2. The van der Waals surface area contributed by atoms with E-state index in [1.807, 2.05) is 11.8 Å². The summed E-state index contributed by atoms with van der Waals surface area (Å²) < 4.78 is 43.9. The molecule has 106 valence electrons. The fourth-order valence-corrected chi connectivity index (χ4v) is 2.43. The number of halogens is 3. The van der Waals surface area contributed by atoms with Crippen LogP contribution in [0, 0.1) is 0 Å². The Balaban J connectivity index is 2.30. The molecule has 1 aromatic carbocycles. The Labute approximate surface area is 110 Å². The van der Waals surface area contributed by atoms with E-state index in [1.54, 1.807) is 13.1 Å². The van der Waals surface area contributed by atoms with E-state index in [4.69, 9.17) is 10.5 Å². The molecule has 2 unspecified atom stereocenters. The maximum absolute atomic E-state index is 12.8. The van der Waals surface area contributed by atoms with Crippen molar-refractivity contribution in [2.75, 3.05) is 24.3 Å². The molecule has 0 spiro atoms. The predicted octanol–water partition coefficient (Wildman–Crippen LogP) is 2.90. The number of hydrogen-bond acceptors (Lipinski definition) is 3. The second kappa shape index (κ2) is 4.92. The number of anilines is 2. The smallest absolute Gasteiger partial charge is 0.398 e. The van der Waals surface area contributed by atoms with Crippen molar-refractivity contribution in [3.05, 3.63) is 23.8 Å². The minimum atomic E-state index is -4.43. The van der Waals surface area contributed by atoms with Crippen LogP contribution in [0.4, 0.5) is 24.5 Å². The number of ether oxygens (including phenoxy) is 1. The summed E-state index contributed by atoms with van der Waals surface area (Å²) in [6, 6.07) is 4.09. The van der Waals surface area contributed by atoms with Gasteiger partial charge in [0.1, 0.15) is 0 Å². The van der Waals surface area contributed by atoms with Crippen molar-refractivity contribution in [2.24, 2.45) is 0 Å². The van der Waals surface area contributed by atoms with E-state index in [0.29, 0.717) is 12.3 Å². The van der Waals surface area contributed by atoms with Crippen LogP contribution in [0.2, 0.25) is 0 Å². The molecule has 1 fully saturated rings. The highest BCUT2D eigenvalue weighted by Gasteiger charge is 2.34. The minimum Gasteiger partial charge on any atom is -0.398 e. The van der Waals surface area contributed by atoms with Crippen LogP contribution >= 0.6 is 0 Å². The third kappa shape index (κ3) is 2.78. The van der Waals surface area contributed by atoms with Crippen molar-refractivity contribution in [1.29, 1.82) is 0 Å². The Kier molecular flexibility index (Phi) is 3.62. The first-order valence-corrected chi connectivity index (χ1v) is 6.12. The standard InChI is InChI=1S/C13H17F3N2O/c1-8-12(5-6-19-8)18(2)9-3-4-11(17)10(7-9)13(14,15)16/h3-4,7-8,12H,5-6,17H2,1-2H3. The first-order valence-electron chi connectivity index (χ1n) is 6.12. The van der Waals surface area contributed by atoms with Crippen LogP contribution in [0.3, 0.4) is 0 Å². The number of benzene rings is 1. The van der Waals surface area contributed by atoms with Crippen molar-refractivity contribution in [2.45, 2.75) is 31.7 Å². The number of nitrogens with two attached hydrogens (primary N) is 1. The van der Waals surface area contributed by atoms with Gasteiger partial charge in [-0.05, 0) is 31.5 Å². The molecule has 1 heterocycles. The highest BCUT2D eigenvalue weighted by Crippen LogP contribution is 2.36. The maximum atomic E-state index is 12.8. The van der Waals surface area contributed by atoms with E-state index in [9.17, 15) is 13.2 Å². The fourth-order valence-electron chi connectivity index (χ4n) is 2.43. The summed E-state index contributed by atoms with van der Waals surface area (Å²) in [5, 5.41) is 0. The second-order valence-electron chi connectivity index (χ2n) is 4.81. The van der Waals surface area contributed by atoms with Gasteiger partial charge in [0.2, 0.25) is 0 Å². The molecule has 0 aliphatic carbocycles. The average molecular weight is 274 g/mol. The van der Waals surface area contributed by atoms with Crippen LogP contribution in [-0.2, 0) is 10.9 Å². The number of alkyl halides is 3. The highest BCUT2D eigenvalue weighted by molar-refractivity contribution is 5.59. The number of rotatable bonds is 2. The molecule has 3 nitrogen and oxygen atoms in total. The molecule has 19 heavy (non-hydrogen) atoms. The van der Waals surface area contributed by atoms with Crippen molar-refractivity contribution < 1.29 is 17.9 Å². The summed E-state index contributed by atoms with van der Waals surface area (Å²) in [5.74, 6) is 0. The summed E-state index contributed by atoms with van der Waals surface area (Å²) >= 11 is 0. The summed E-state index contributed by atoms with van der Waals surface area (Å²) in [6.07, 6.45) is -3.61. The lowest BCUT2D eigenvalue weighted by molar-refractivity contribution is -0.136. The van der Waals surface area contributed by atoms with Gasteiger partial charge >= 0.3 is 6.18 Å². The third-order valence-electron chi connectivity index (χ3n) is 3.58. The Morgan fingerprint density at radius 1 is 1.37 bits per heavy atom. The molecule has 0 aromatic heterocycles. The lowest BCUT2D eigenvalue weighted by Gasteiger charge is -2.29. The summed E-state index contributed by atoms with van der Waals surface area (Å²) in [6.45, 7) is 2.56. The molecular formula is C13H17F3N2O. The normalized spacial score (nSPS) is 23.6. The number of nitrogen functional groups attached to an aromatic ring is 1. The number of likely N-dealkylation sites (N-methyl/N-ethyl adjacent to an activating group) is 1. The van der Waals surface area contributed by atoms with Crippen LogP contribution in [0.1, 0.15) is 18.9 Å². The van der Waals surface area contributed by atoms with Crippen LogP contribution in [0.15, 0.2) is 18.2 Å². The van der Waals surface area contributed by atoms with E-state index >= 15 is 0 Å². The van der Waals surface area contributed by atoms with Gasteiger partial charge in [-0.1, -0.05) is 0 Å². The monoisotopic (exact) mass is 274 g/mol. The van der Waals surface area contributed by atoms with Gasteiger partial charge in [0.25, 0.3) is 0 Å². The molecule has 2 N–H and O–H groups in total. The lowest BCUT2D eigenvalue weighted by atomic mass is 10.1. The topological polar surface area (TPSA) is 38.5 Å². The van der Waals surface area contributed by atoms with E-state index in [-0.39, 0.29) is 17.8 Å². The lowest BCUT2D eigenvalue weighted by Crippen LogP contribution is -2.36. The second-order valence-corrected chi connectivity index (χ2v) is 4.81. The van der Waals surface area contributed by atoms with Crippen LogP contribution in [0.25, 0.3) is 0 Å². The molecule has 1 aliphatic rings. The molecule has 1 aromatic rings. The summed E-state index contributed by atoms with van der Waals surface area (Å²) in [7, 11) is 1.78. The van der Waals surface area contributed by atoms with Crippen molar-refractivity contribution >= 4 is 11.4 Å². The highest BCUT2D eigenvalue weighted by atomic mass is 19.4. The summed E-state index contributed by atoms with van der Waals surface area (Å²) in [5.41, 5.74) is 4.86. The van der Waals surface area contributed by atoms with E-state index in [1.165, 1.54) is 6.07 Å². The largest absolute Gasteiger partial charge is 0.418 e. The van der Waals surface area contributed by atoms with Gasteiger partial charge in [-0.3, -0.25) is 0 Å². The van der Waals surface area contributed by atoms with Gasteiger partial charge in [-0.15, -0.1) is 0 Å². The van der Waals surface area contributed by atoms with Gasteiger partial charge in [0.05, 0.1) is 17.7 Å².